The molecule has 1 heterocycles. The number of aromatic nitrogens is 1. The molecule has 0 fully saturated rings. The van der Waals surface area contributed by atoms with E-state index in [9.17, 15) is 4.79 Å². The van der Waals surface area contributed by atoms with Crippen molar-refractivity contribution in [2.24, 2.45) is 0 Å². The first-order chi connectivity index (χ1) is 8.56. The monoisotopic (exact) mass is 480 g/mol. The zero-order valence-corrected chi connectivity index (χ0v) is 14.3. The Balaban J connectivity index is 2.21. The fourth-order valence-electron chi connectivity index (χ4n) is 1.32. The Hall–Kier alpha value is -0.470. The summed E-state index contributed by atoms with van der Waals surface area (Å²) in [7, 11) is 0. The molecule has 0 spiro atoms. The number of hydrogen-bond acceptors (Lipinski definition) is 2. The molecule has 3 nitrogen and oxygen atoms in total. The molecule has 0 unspecified atom stereocenters. The molecule has 1 N–H and O–H groups in total. The van der Waals surface area contributed by atoms with E-state index in [0.29, 0.717) is 11.3 Å². The minimum atomic E-state index is -0.148. The number of nitrogens with zero attached hydrogens (tertiary/aromatic N) is 1. The number of hydrogen-bond donors (Lipinski definition) is 1. The van der Waals surface area contributed by atoms with Gasteiger partial charge in [-0.05, 0) is 68.9 Å². The predicted molar refractivity (Wildman–Crippen MR) is 86.7 cm³/mol. The molecule has 2 rings (SSSR count). The van der Waals surface area contributed by atoms with Gasteiger partial charge in [-0.1, -0.05) is 15.9 Å². The summed E-state index contributed by atoms with van der Waals surface area (Å²) >= 11 is 8.74. The summed E-state index contributed by atoms with van der Waals surface area (Å²) in [6, 6.07) is 9.16. The van der Waals surface area contributed by atoms with Crippen LogP contribution < -0.4 is 5.32 Å². The minimum Gasteiger partial charge on any atom is -0.321 e. The third-order valence-electron chi connectivity index (χ3n) is 2.16. The largest absolute Gasteiger partial charge is 0.321 e. The fraction of sp³-hybridized carbons (Fsp3) is 0. The number of carbonyl (C=O) groups is 1. The number of halogens is 3. The van der Waals surface area contributed by atoms with E-state index >= 15 is 0 Å². The van der Waals surface area contributed by atoms with Crippen LogP contribution in [0.3, 0.4) is 0 Å². The van der Waals surface area contributed by atoms with E-state index in [4.69, 9.17) is 0 Å². The lowest BCUT2D eigenvalue weighted by Crippen LogP contribution is -2.13. The summed E-state index contributed by atoms with van der Waals surface area (Å²) < 4.78 is 2.51. The van der Waals surface area contributed by atoms with Crippen molar-refractivity contribution in [3.8, 4) is 0 Å². The van der Waals surface area contributed by atoms with Crippen LogP contribution in [-0.2, 0) is 0 Å². The summed E-state index contributed by atoms with van der Waals surface area (Å²) in [4.78, 5) is 16.2. The second-order valence-electron chi connectivity index (χ2n) is 3.45. The third-order valence-corrected chi connectivity index (χ3v) is 4.06. The molecule has 92 valence electrons. The molecule has 0 aliphatic heterocycles. The van der Waals surface area contributed by atoms with Crippen molar-refractivity contribution < 1.29 is 4.79 Å². The first-order valence-electron chi connectivity index (χ1n) is 4.94. The van der Waals surface area contributed by atoms with Gasteiger partial charge in [0.25, 0.3) is 5.91 Å². The van der Waals surface area contributed by atoms with E-state index in [1.165, 1.54) is 0 Å². The van der Waals surface area contributed by atoms with Crippen molar-refractivity contribution in [2.75, 3.05) is 5.32 Å². The average molecular weight is 482 g/mol. The lowest BCUT2D eigenvalue weighted by Gasteiger charge is -2.07. The van der Waals surface area contributed by atoms with Crippen molar-refractivity contribution in [1.29, 1.82) is 0 Å². The highest BCUT2D eigenvalue weighted by Crippen LogP contribution is 2.20. The Bertz CT molecular complexity index is 587. The molecule has 0 bridgehead atoms. The Morgan fingerprint density at radius 2 is 2.00 bits per heavy atom. The highest BCUT2D eigenvalue weighted by Gasteiger charge is 2.10. The maximum atomic E-state index is 12.1. The van der Waals surface area contributed by atoms with Gasteiger partial charge in [0.05, 0.1) is 17.4 Å². The van der Waals surface area contributed by atoms with Crippen LogP contribution in [0.5, 0.6) is 0 Å². The van der Waals surface area contributed by atoms with Crippen molar-refractivity contribution in [1.82, 2.24) is 4.98 Å². The zero-order chi connectivity index (χ0) is 13.1. The van der Waals surface area contributed by atoms with Crippen molar-refractivity contribution >= 4 is 66.0 Å². The second-order valence-corrected chi connectivity index (χ2v) is 6.34. The second kappa shape index (κ2) is 6.12. The van der Waals surface area contributed by atoms with Crippen molar-refractivity contribution in [3.63, 3.8) is 0 Å². The molecule has 0 aliphatic rings. The Kier molecular flexibility index (Phi) is 4.74. The number of rotatable bonds is 2. The van der Waals surface area contributed by atoms with Crippen molar-refractivity contribution in [2.45, 2.75) is 0 Å². The molecule has 1 aromatic heterocycles. The SMILES string of the molecule is O=C(Nc1ccc(Br)nc1)c1cc(Br)ccc1I. The van der Waals surface area contributed by atoms with Gasteiger partial charge in [-0.25, -0.2) is 4.98 Å². The summed E-state index contributed by atoms with van der Waals surface area (Å²) in [5.41, 5.74) is 1.30. The number of amides is 1. The molecule has 0 aliphatic carbocycles. The predicted octanol–water partition coefficient (Wildman–Crippen LogP) is 4.46. The zero-order valence-electron chi connectivity index (χ0n) is 8.95. The van der Waals surface area contributed by atoms with Crippen LogP contribution in [0.2, 0.25) is 0 Å². The van der Waals surface area contributed by atoms with E-state index in [0.717, 1.165) is 12.6 Å². The van der Waals surface area contributed by atoms with Gasteiger partial charge >= 0.3 is 0 Å². The van der Waals surface area contributed by atoms with Gasteiger partial charge in [0, 0.05) is 8.04 Å². The van der Waals surface area contributed by atoms with E-state index in [-0.39, 0.29) is 5.91 Å². The molecule has 0 atom stereocenters. The standard InChI is InChI=1S/C12H7Br2IN2O/c13-7-1-3-10(15)9(5-7)12(18)17-8-2-4-11(14)16-6-8/h1-6H,(H,17,18). The van der Waals surface area contributed by atoms with E-state index in [1.54, 1.807) is 24.4 Å². The van der Waals surface area contributed by atoms with Crippen LogP contribution in [0, 0.1) is 3.57 Å². The van der Waals surface area contributed by atoms with Gasteiger partial charge in [0.2, 0.25) is 0 Å². The minimum absolute atomic E-state index is 0.148. The lowest BCUT2D eigenvalue weighted by molar-refractivity contribution is 0.102. The van der Waals surface area contributed by atoms with E-state index < -0.39 is 0 Å². The Morgan fingerprint density at radius 1 is 1.22 bits per heavy atom. The lowest BCUT2D eigenvalue weighted by atomic mass is 10.2. The van der Waals surface area contributed by atoms with Crippen LogP contribution in [0.15, 0.2) is 45.6 Å². The van der Waals surface area contributed by atoms with Gasteiger partial charge in [-0.2, -0.15) is 0 Å². The van der Waals surface area contributed by atoms with Crippen LogP contribution >= 0.6 is 54.5 Å². The van der Waals surface area contributed by atoms with Gasteiger partial charge < -0.3 is 5.32 Å². The molecular weight excluding hydrogens is 475 g/mol. The Morgan fingerprint density at radius 3 is 2.67 bits per heavy atom. The maximum Gasteiger partial charge on any atom is 0.256 e. The third kappa shape index (κ3) is 3.52. The molecule has 1 aromatic carbocycles. The van der Waals surface area contributed by atoms with Crippen LogP contribution in [-0.4, -0.2) is 10.9 Å². The average Bonchev–Trinajstić information content (AvgIpc) is 2.35. The number of pyridine rings is 1. The van der Waals surface area contributed by atoms with Crippen molar-refractivity contribution in [3.05, 3.63) is 54.7 Å². The molecule has 0 saturated carbocycles. The molecular formula is C12H7Br2IN2O. The van der Waals surface area contributed by atoms with E-state index in [2.05, 4.69) is 64.8 Å². The quantitative estimate of drug-likeness (QED) is 0.508. The van der Waals surface area contributed by atoms with Crippen LogP contribution in [0.4, 0.5) is 5.69 Å². The number of nitrogens with one attached hydrogen (secondary N) is 1. The Labute approximate surface area is 135 Å². The normalized spacial score (nSPS) is 10.2. The van der Waals surface area contributed by atoms with Gasteiger partial charge in [-0.3, -0.25) is 4.79 Å². The molecule has 6 heteroatoms. The van der Waals surface area contributed by atoms with E-state index in [1.807, 2.05) is 12.1 Å². The summed E-state index contributed by atoms with van der Waals surface area (Å²) in [5, 5.41) is 2.81. The summed E-state index contributed by atoms with van der Waals surface area (Å²) in [6.07, 6.45) is 1.60. The van der Waals surface area contributed by atoms with Gasteiger partial charge in [-0.15, -0.1) is 0 Å². The van der Waals surface area contributed by atoms with Gasteiger partial charge in [0.1, 0.15) is 4.60 Å². The smallest absolute Gasteiger partial charge is 0.256 e. The molecule has 1 amide bonds. The molecule has 2 aromatic rings. The fourth-order valence-corrected chi connectivity index (χ4v) is 2.50. The topological polar surface area (TPSA) is 42.0 Å². The van der Waals surface area contributed by atoms with Gasteiger partial charge in [0.15, 0.2) is 0 Å². The number of anilines is 1. The molecule has 18 heavy (non-hydrogen) atoms. The molecule has 0 saturated heterocycles. The maximum absolute atomic E-state index is 12.1. The van der Waals surface area contributed by atoms with Crippen LogP contribution in [0.1, 0.15) is 10.4 Å². The summed E-state index contributed by atoms with van der Waals surface area (Å²) in [6.45, 7) is 0. The highest BCUT2D eigenvalue weighted by molar-refractivity contribution is 14.1. The molecule has 0 radical (unpaired) electrons. The number of benzene rings is 1. The summed E-state index contributed by atoms with van der Waals surface area (Å²) in [5.74, 6) is -0.148. The number of carbonyl (C=O) groups excluding carboxylic acids is 1. The highest BCUT2D eigenvalue weighted by atomic mass is 127. The first-order valence-corrected chi connectivity index (χ1v) is 7.61. The van der Waals surface area contributed by atoms with Crippen LogP contribution in [0.25, 0.3) is 0 Å². The first kappa shape index (κ1) is 14.0.